The fraction of sp³-hybridized carbons (Fsp3) is 0.368. The highest BCUT2D eigenvalue weighted by molar-refractivity contribution is 7.10. The van der Waals surface area contributed by atoms with Gasteiger partial charge in [0.15, 0.2) is 0 Å². The van der Waals surface area contributed by atoms with E-state index in [0.717, 1.165) is 19.4 Å². The number of hydrogen-bond acceptors (Lipinski definition) is 4. The maximum atomic E-state index is 12.7. The van der Waals surface area contributed by atoms with E-state index in [0.29, 0.717) is 11.4 Å². The summed E-state index contributed by atoms with van der Waals surface area (Å²) in [6.45, 7) is 2.84. The highest BCUT2D eigenvalue weighted by Gasteiger charge is 2.30. The second-order valence-corrected chi connectivity index (χ2v) is 7.16. The zero-order valence-electron chi connectivity index (χ0n) is 15.0. The number of nitrogens with zero attached hydrogens (tertiary/aromatic N) is 1. The standard InChI is InChI=1S/C19H23N3O3S/c1-3-16-15-9-11-26-17(15)8-10-22(16)19(24)21-14-6-4-13(5-7-14)20-18(23)12-25-2/h4-7,9,11,16H,3,8,10,12H2,1-2H3,(H,20,23)(H,21,24)/t16-/m0/s1. The molecule has 0 fully saturated rings. The molecule has 1 aromatic heterocycles. The minimum absolute atomic E-state index is 0.0103. The molecule has 1 aromatic carbocycles. The molecule has 138 valence electrons. The first-order chi connectivity index (χ1) is 12.6. The van der Waals surface area contributed by atoms with Gasteiger partial charge in [-0.1, -0.05) is 6.92 Å². The Hall–Kier alpha value is -2.38. The molecule has 2 aromatic rings. The van der Waals surface area contributed by atoms with Gasteiger partial charge in [0.25, 0.3) is 0 Å². The lowest BCUT2D eigenvalue weighted by Crippen LogP contribution is -2.41. The summed E-state index contributed by atoms with van der Waals surface area (Å²) >= 11 is 1.77. The summed E-state index contributed by atoms with van der Waals surface area (Å²) in [4.78, 5) is 27.6. The second kappa shape index (κ2) is 8.33. The van der Waals surface area contributed by atoms with E-state index in [1.54, 1.807) is 35.6 Å². The monoisotopic (exact) mass is 373 g/mol. The van der Waals surface area contributed by atoms with E-state index in [4.69, 9.17) is 4.74 Å². The number of methoxy groups -OCH3 is 1. The van der Waals surface area contributed by atoms with Crippen LogP contribution in [0.1, 0.15) is 29.8 Å². The van der Waals surface area contributed by atoms with E-state index in [1.165, 1.54) is 17.6 Å². The van der Waals surface area contributed by atoms with Gasteiger partial charge in [0.1, 0.15) is 6.61 Å². The largest absolute Gasteiger partial charge is 0.375 e. The summed E-state index contributed by atoms with van der Waals surface area (Å²) in [6.07, 6.45) is 1.79. The van der Waals surface area contributed by atoms with Crippen molar-refractivity contribution in [2.45, 2.75) is 25.8 Å². The summed E-state index contributed by atoms with van der Waals surface area (Å²) in [5, 5.41) is 7.79. The molecule has 1 aliphatic heterocycles. The first kappa shape index (κ1) is 18.4. The third kappa shape index (κ3) is 4.05. The lowest BCUT2D eigenvalue weighted by Gasteiger charge is -2.35. The molecule has 0 bridgehead atoms. The SMILES string of the molecule is CC[C@H]1c2ccsc2CCN1C(=O)Nc1ccc(NC(=O)COC)cc1. The molecular weight excluding hydrogens is 350 g/mol. The molecule has 26 heavy (non-hydrogen) atoms. The van der Waals surface area contributed by atoms with Crippen molar-refractivity contribution in [1.82, 2.24) is 4.90 Å². The van der Waals surface area contributed by atoms with Crippen LogP contribution in [0.2, 0.25) is 0 Å². The topological polar surface area (TPSA) is 70.7 Å². The molecule has 0 spiro atoms. The van der Waals surface area contributed by atoms with Crippen molar-refractivity contribution in [2.24, 2.45) is 0 Å². The average Bonchev–Trinajstić information content (AvgIpc) is 3.11. The minimum Gasteiger partial charge on any atom is -0.375 e. The van der Waals surface area contributed by atoms with Gasteiger partial charge in [-0.25, -0.2) is 4.79 Å². The summed E-state index contributed by atoms with van der Waals surface area (Å²) in [5.41, 5.74) is 2.64. The van der Waals surface area contributed by atoms with Crippen LogP contribution in [0.5, 0.6) is 0 Å². The number of thiophene rings is 1. The fourth-order valence-electron chi connectivity index (χ4n) is 3.24. The van der Waals surface area contributed by atoms with Crippen LogP contribution >= 0.6 is 11.3 Å². The van der Waals surface area contributed by atoms with E-state index in [-0.39, 0.29) is 24.6 Å². The number of urea groups is 1. The van der Waals surface area contributed by atoms with Crippen molar-refractivity contribution in [2.75, 3.05) is 30.9 Å². The minimum atomic E-state index is -0.213. The molecule has 3 rings (SSSR count). The predicted molar refractivity (Wildman–Crippen MR) is 104 cm³/mol. The Bertz CT molecular complexity index is 773. The molecule has 0 aliphatic carbocycles. The van der Waals surface area contributed by atoms with Crippen LogP contribution in [0.4, 0.5) is 16.2 Å². The Morgan fingerprint density at radius 3 is 2.54 bits per heavy atom. The Labute approximate surface area is 157 Å². The average molecular weight is 373 g/mol. The van der Waals surface area contributed by atoms with Gasteiger partial charge in [0.2, 0.25) is 5.91 Å². The Morgan fingerprint density at radius 2 is 1.88 bits per heavy atom. The number of amides is 3. The summed E-state index contributed by atoms with van der Waals surface area (Å²) in [5.74, 6) is -0.213. The van der Waals surface area contributed by atoms with E-state index in [2.05, 4.69) is 29.0 Å². The van der Waals surface area contributed by atoms with Crippen molar-refractivity contribution >= 4 is 34.6 Å². The number of anilines is 2. The summed E-state index contributed by atoms with van der Waals surface area (Å²) in [6, 6.07) is 9.23. The smallest absolute Gasteiger partial charge is 0.322 e. The Kier molecular flexibility index (Phi) is 5.90. The van der Waals surface area contributed by atoms with E-state index >= 15 is 0 Å². The van der Waals surface area contributed by atoms with Crippen LogP contribution < -0.4 is 10.6 Å². The molecule has 0 saturated heterocycles. The van der Waals surface area contributed by atoms with Crippen LogP contribution in [0.3, 0.4) is 0 Å². The van der Waals surface area contributed by atoms with Gasteiger partial charge in [-0.15, -0.1) is 11.3 Å². The number of nitrogens with one attached hydrogen (secondary N) is 2. The first-order valence-electron chi connectivity index (χ1n) is 8.65. The van der Waals surface area contributed by atoms with E-state index in [1.807, 2.05) is 4.90 Å². The van der Waals surface area contributed by atoms with Crippen molar-refractivity contribution in [1.29, 1.82) is 0 Å². The van der Waals surface area contributed by atoms with Gasteiger partial charge in [-0.3, -0.25) is 4.79 Å². The van der Waals surface area contributed by atoms with Crippen molar-refractivity contribution in [3.63, 3.8) is 0 Å². The molecule has 7 heteroatoms. The summed E-state index contributed by atoms with van der Waals surface area (Å²) < 4.78 is 4.79. The number of carbonyl (C=O) groups is 2. The molecule has 6 nitrogen and oxygen atoms in total. The predicted octanol–water partition coefficient (Wildman–Crippen LogP) is 3.87. The quantitative estimate of drug-likeness (QED) is 0.836. The number of ether oxygens (including phenoxy) is 1. The van der Waals surface area contributed by atoms with Crippen LogP contribution in [-0.4, -0.2) is 37.1 Å². The zero-order valence-corrected chi connectivity index (χ0v) is 15.8. The van der Waals surface area contributed by atoms with Crippen molar-refractivity contribution in [3.05, 3.63) is 46.2 Å². The molecule has 2 heterocycles. The highest BCUT2D eigenvalue weighted by atomic mass is 32.1. The Balaban J connectivity index is 1.64. The molecule has 2 N–H and O–H groups in total. The molecule has 1 atom stereocenters. The van der Waals surface area contributed by atoms with Crippen LogP contribution in [0, 0.1) is 0 Å². The highest BCUT2D eigenvalue weighted by Crippen LogP contribution is 2.35. The van der Waals surface area contributed by atoms with E-state index < -0.39 is 0 Å². The molecule has 1 aliphatic rings. The molecule has 0 radical (unpaired) electrons. The third-order valence-electron chi connectivity index (χ3n) is 4.44. The summed E-state index contributed by atoms with van der Waals surface area (Å²) in [7, 11) is 1.47. The molecule has 0 unspecified atom stereocenters. The van der Waals surface area contributed by atoms with Crippen molar-refractivity contribution < 1.29 is 14.3 Å². The maximum absolute atomic E-state index is 12.7. The maximum Gasteiger partial charge on any atom is 0.322 e. The normalized spacial score (nSPS) is 16.1. The molecule has 3 amide bonds. The number of hydrogen-bond donors (Lipinski definition) is 2. The van der Waals surface area contributed by atoms with Crippen molar-refractivity contribution in [3.8, 4) is 0 Å². The fourth-order valence-corrected chi connectivity index (χ4v) is 4.17. The second-order valence-electron chi connectivity index (χ2n) is 6.16. The van der Waals surface area contributed by atoms with Gasteiger partial charge in [0.05, 0.1) is 6.04 Å². The lowest BCUT2D eigenvalue weighted by molar-refractivity contribution is -0.119. The number of fused-ring (bicyclic) bond motifs is 1. The number of carbonyl (C=O) groups excluding carboxylic acids is 2. The van der Waals surface area contributed by atoms with Gasteiger partial charge < -0.3 is 20.3 Å². The molecule has 0 saturated carbocycles. The Morgan fingerprint density at radius 1 is 1.19 bits per heavy atom. The molecular formula is C19H23N3O3S. The van der Waals surface area contributed by atoms with Gasteiger partial charge in [0, 0.05) is 29.9 Å². The number of benzene rings is 1. The zero-order chi connectivity index (χ0) is 18.5. The lowest BCUT2D eigenvalue weighted by atomic mass is 9.98. The third-order valence-corrected chi connectivity index (χ3v) is 5.43. The van der Waals surface area contributed by atoms with E-state index in [9.17, 15) is 9.59 Å². The van der Waals surface area contributed by atoms with Gasteiger partial charge in [-0.05, 0) is 54.1 Å². The van der Waals surface area contributed by atoms with Gasteiger partial charge >= 0.3 is 6.03 Å². The first-order valence-corrected chi connectivity index (χ1v) is 9.53. The van der Waals surface area contributed by atoms with Crippen LogP contribution in [0.25, 0.3) is 0 Å². The van der Waals surface area contributed by atoms with Crippen LogP contribution in [-0.2, 0) is 16.0 Å². The van der Waals surface area contributed by atoms with Crippen LogP contribution in [0.15, 0.2) is 35.7 Å². The van der Waals surface area contributed by atoms with Gasteiger partial charge in [-0.2, -0.15) is 0 Å². The number of rotatable bonds is 5.